The smallest absolute Gasteiger partial charge is 0.168 e. The number of pyridine rings is 1. The molecule has 3 N–H and O–H groups in total. The molecule has 1 heterocycles. The van der Waals surface area contributed by atoms with Crippen molar-refractivity contribution in [2.75, 3.05) is 17.2 Å². The van der Waals surface area contributed by atoms with E-state index in [0.717, 1.165) is 6.07 Å². The Kier molecular flexibility index (Phi) is 5.27. The van der Waals surface area contributed by atoms with E-state index in [1.54, 1.807) is 20.8 Å². The van der Waals surface area contributed by atoms with Gasteiger partial charge in [0.05, 0.1) is 6.10 Å². The highest BCUT2D eigenvalue weighted by Gasteiger charge is 2.14. The van der Waals surface area contributed by atoms with E-state index in [4.69, 9.17) is 0 Å². The van der Waals surface area contributed by atoms with E-state index in [0.29, 0.717) is 13.0 Å². The average molecular weight is 259 g/mol. The fraction of sp³-hybridized carbons (Fsp3) is 0.583. The number of rotatable bonds is 6. The summed E-state index contributed by atoms with van der Waals surface area (Å²) in [5.41, 5.74) is 0. The molecule has 0 bridgehead atoms. The van der Waals surface area contributed by atoms with Gasteiger partial charge in [-0.05, 0) is 27.2 Å². The Morgan fingerprint density at radius 1 is 1.28 bits per heavy atom. The van der Waals surface area contributed by atoms with Crippen molar-refractivity contribution in [3.8, 4) is 0 Å². The molecule has 0 radical (unpaired) electrons. The van der Waals surface area contributed by atoms with Crippen molar-refractivity contribution in [1.29, 1.82) is 0 Å². The molecule has 0 aliphatic carbocycles. The fourth-order valence-electron chi connectivity index (χ4n) is 1.66. The Hall–Kier alpha value is -1.43. The second-order valence-corrected chi connectivity index (χ2v) is 4.31. The summed E-state index contributed by atoms with van der Waals surface area (Å²) >= 11 is 0. The highest BCUT2D eigenvalue weighted by atomic mass is 19.1. The molecule has 0 aliphatic heterocycles. The van der Waals surface area contributed by atoms with Gasteiger partial charge in [-0.25, -0.2) is 13.8 Å². The van der Waals surface area contributed by atoms with E-state index in [1.165, 1.54) is 0 Å². The lowest BCUT2D eigenvalue weighted by atomic mass is 10.1. The fourth-order valence-corrected chi connectivity index (χ4v) is 1.66. The van der Waals surface area contributed by atoms with E-state index in [-0.39, 0.29) is 17.7 Å². The predicted molar refractivity (Wildman–Crippen MR) is 67.7 cm³/mol. The summed E-state index contributed by atoms with van der Waals surface area (Å²) in [5.74, 6) is -1.46. The third kappa shape index (κ3) is 4.10. The van der Waals surface area contributed by atoms with Crippen LogP contribution in [-0.4, -0.2) is 28.8 Å². The molecule has 1 rings (SSSR count). The minimum atomic E-state index is -0.744. The van der Waals surface area contributed by atoms with Gasteiger partial charge in [0.2, 0.25) is 0 Å². The number of nitrogens with zero attached hydrogens (tertiary/aromatic N) is 1. The molecule has 2 atom stereocenters. The molecule has 0 saturated carbocycles. The van der Waals surface area contributed by atoms with Crippen LogP contribution in [0.25, 0.3) is 0 Å². The van der Waals surface area contributed by atoms with E-state index >= 15 is 0 Å². The minimum Gasteiger partial charge on any atom is -0.393 e. The van der Waals surface area contributed by atoms with Gasteiger partial charge in [-0.2, -0.15) is 0 Å². The summed E-state index contributed by atoms with van der Waals surface area (Å²) in [6.45, 7) is 5.74. The quantitative estimate of drug-likeness (QED) is 0.734. The van der Waals surface area contributed by atoms with Crippen molar-refractivity contribution in [2.24, 2.45) is 0 Å². The Morgan fingerprint density at radius 3 is 2.44 bits per heavy atom. The lowest BCUT2D eigenvalue weighted by molar-refractivity contribution is 0.179. The van der Waals surface area contributed by atoms with Crippen LogP contribution in [-0.2, 0) is 0 Å². The number of aromatic nitrogens is 1. The monoisotopic (exact) mass is 259 g/mol. The maximum atomic E-state index is 13.5. The first kappa shape index (κ1) is 14.6. The van der Waals surface area contributed by atoms with E-state index in [2.05, 4.69) is 15.6 Å². The summed E-state index contributed by atoms with van der Waals surface area (Å²) < 4.78 is 26.8. The Morgan fingerprint density at radius 2 is 1.89 bits per heavy atom. The third-order valence-corrected chi connectivity index (χ3v) is 2.35. The Bertz CT molecular complexity index is 399. The summed E-state index contributed by atoms with van der Waals surface area (Å²) in [4.78, 5) is 3.85. The van der Waals surface area contributed by atoms with Gasteiger partial charge >= 0.3 is 0 Å². The molecular weight excluding hydrogens is 240 g/mol. The van der Waals surface area contributed by atoms with Crippen molar-refractivity contribution in [2.45, 2.75) is 39.3 Å². The second-order valence-electron chi connectivity index (χ2n) is 4.31. The topological polar surface area (TPSA) is 57.2 Å². The second kappa shape index (κ2) is 6.49. The maximum Gasteiger partial charge on any atom is 0.168 e. The predicted octanol–water partition coefficient (Wildman–Crippen LogP) is 2.36. The summed E-state index contributed by atoms with van der Waals surface area (Å²) in [6, 6.07) is 0.634. The number of anilines is 2. The SMILES string of the molecule is CCNc1nc(NC(C)CC(C)O)c(F)cc1F. The molecule has 18 heavy (non-hydrogen) atoms. The molecule has 4 nitrogen and oxygen atoms in total. The highest BCUT2D eigenvalue weighted by Crippen LogP contribution is 2.20. The van der Waals surface area contributed by atoms with E-state index in [9.17, 15) is 13.9 Å². The molecule has 0 saturated heterocycles. The highest BCUT2D eigenvalue weighted by molar-refractivity contribution is 5.47. The summed E-state index contributed by atoms with van der Waals surface area (Å²) in [7, 11) is 0. The van der Waals surface area contributed by atoms with Crippen LogP contribution in [0.5, 0.6) is 0 Å². The molecule has 0 aromatic carbocycles. The van der Waals surface area contributed by atoms with Crippen LogP contribution in [0.2, 0.25) is 0 Å². The van der Waals surface area contributed by atoms with Crippen molar-refractivity contribution in [3.63, 3.8) is 0 Å². The van der Waals surface area contributed by atoms with Gasteiger partial charge in [0.1, 0.15) is 0 Å². The van der Waals surface area contributed by atoms with Crippen molar-refractivity contribution < 1.29 is 13.9 Å². The van der Waals surface area contributed by atoms with E-state index < -0.39 is 17.7 Å². The molecule has 6 heteroatoms. The van der Waals surface area contributed by atoms with Crippen molar-refractivity contribution in [3.05, 3.63) is 17.7 Å². The minimum absolute atomic E-state index is 0.0134. The van der Waals surface area contributed by atoms with Crippen LogP contribution in [0.4, 0.5) is 20.4 Å². The van der Waals surface area contributed by atoms with Gasteiger partial charge in [0.25, 0.3) is 0 Å². The Labute approximate surface area is 105 Å². The van der Waals surface area contributed by atoms with Gasteiger partial charge in [-0.15, -0.1) is 0 Å². The zero-order chi connectivity index (χ0) is 13.7. The molecule has 0 aliphatic rings. The lowest BCUT2D eigenvalue weighted by Gasteiger charge is -2.17. The Balaban J connectivity index is 2.84. The number of aliphatic hydroxyl groups excluding tert-OH is 1. The molecule has 1 aromatic rings. The summed E-state index contributed by atoms with van der Waals surface area (Å²) in [5, 5.41) is 14.8. The first-order valence-electron chi connectivity index (χ1n) is 5.98. The standard InChI is InChI=1S/C12H19F2N3O/c1-4-15-11-9(13)6-10(14)12(17-11)16-7(2)5-8(3)18/h6-8,18H,4-5H2,1-3H3,(H2,15,16,17). The average Bonchev–Trinajstić information content (AvgIpc) is 2.24. The first-order chi connectivity index (χ1) is 8.43. The van der Waals surface area contributed by atoms with Crippen LogP contribution < -0.4 is 10.6 Å². The van der Waals surface area contributed by atoms with Crippen LogP contribution in [0.1, 0.15) is 27.2 Å². The number of hydrogen-bond donors (Lipinski definition) is 3. The van der Waals surface area contributed by atoms with Crippen LogP contribution >= 0.6 is 0 Å². The van der Waals surface area contributed by atoms with Crippen LogP contribution in [0, 0.1) is 11.6 Å². The molecular formula is C12H19F2N3O. The summed E-state index contributed by atoms with van der Waals surface area (Å²) in [6.07, 6.45) is -0.0427. The molecule has 0 fully saturated rings. The van der Waals surface area contributed by atoms with E-state index in [1.807, 2.05) is 0 Å². The van der Waals surface area contributed by atoms with Gasteiger partial charge in [0.15, 0.2) is 23.3 Å². The van der Waals surface area contributed by atoms with Gasteiger partial charge in [-0.1, -0.05) is 0 Å². The number of hydrogen-bond acceptors (Lipinski definition) is 4. The number of halogens is 2. The largest absolute Gasteiger partial charge is 0.393 e. The van der Waals surface area contributed by atoms with Crippen LogP contribution in [0.3, 0.4) is 0 Å². The normalized spacial score (nSPS) is 14.1. The molecule has 1 aromatic heterocycles. The van der Waals surface area contributed by atoms with Crippen molar-refractivity contribution in [1.82, 2.24) is 4.98 Å². The number of nitrogens with one attached hydrogen (secondary N) is 2. The van der Waals surface area contributed by atoms with Crippen LogP contribution in [0.15, 0.2) is 6.07 Å². The third-order valence-electron chi connectivity index (χ3n) is 2.35. The van der Waals surface area contributed by atoms with Gasteiger partial charge in [-0.3, -0.25) is 0 Å². The van der Waals surface area contributed by atoms with Gasteiger partial charge in [0, 0.05) is 18.7 Å². The molecule has 2 unspecified atom stereocenters. The maximum absolute atomic E-state index is 13.5. The molecule has 102 valence electrons. The first-order valence-corrected chi connectivity index (χ1v) is 5.98. The molecule has 0 amide bonds. The molecule has 0 spiro atoms. The van der Waals surface area contributed by atoms with Crippen molar-refractivity contribution >= 4 is 11.6 Å². The number of aliphatic hydroxyl groups is 1. The zero-order valence-corrected chi connectivity index (χ0v) is 10.8. The van der Waals surface area contributed by atoms with Gasteiger partial charge < -0.3 is 15.7 Å². The zero-order valence-electron chi connectivity index (χ0n) is 10.8. The lowest BCUT2D eigenvalue weighted by Crippen LogP contribution is -2.22.